The molecule has 0 aliphatic carbocycles. The van der Waals surface area contributed by atoms with E-state index in [0.717, 1.165) is 5.39 Å². The van der Waals surface area contributed by atoms with Crippen LogP contribution in [-0.2, 0) is 4.79 Å². The molecule has 0 heterocycles. The van der Waals surface area contributed by atoms with Gasteiger partial charge in [-0.1, -0.05) is 18.7 Å². The first-order valence-corrected chi connectivity index (χ1v) is 7.39. The third kappa shape index (κ3) is 2.70. The van der Waals surface area contributed by atoms with E-state index in [1.54, 1.807) is 19.1 Å². The van der Waals surface area contributed by atoms with Crippen molar-refractivity contribution in [3.8, 4) is 5.75 Å². The smallest absolute Gasteiger partial charge is 0.338 e. The second kappa shape index (κ2) is 5.97. The number of benzene rings is 2. The second-order valence-corrected chi connectivity index (χ2v) is 6.03. The van der Waals surface area contributed by atoms with Crippen LogP contribution in [0.1, 0.15) is 6.92 Å². The van der Waals surface area contributed by atoms with Crippen molar-refractivity contribution in [2.24, 2.45) is 0 Å². The molecule has 0 unspecified atom stereocenters. The molecule has 2 aromatic rings. The fourth-order valence-corrected chi connectivity index (χ4v) is 2.99. The van der Waals surface area contributed by atoms with E-state index in [2.05, 4.69) is 57.1 Å². The maximum atomic E-state index is 11.7. The average molecular weight is 341 g/mol. The highest BCUT2D eigenvalue weighted by Gasteiger charge is 2.17. The Morgan fingerprint density at radius 1 is 1.05 bits per heavy atom. The van der Waals surface area contributed by atoms with Crippen LogP contribution in [0.5, 0.6) is 5.75 Å². The summed E-state index contributed by atoms with van der Waals surface area (Å²) < 4.78 is 5.34. The highest BCUT2D eigenvalue weighted by molar-refractivity contribution is 7.86. The van der Waals surface area contributed by atoms with Crippen LogP contribution in [0.3, 0.4) is 0 Å². The van der Waals surface area contributed by atoms with Gasteiger partial charge >= 0.3 is 5.97 Å². The normalized spacial score (nSPS) is 10.7. The Morgan fingerprint density at radius 3 is 2.25 bits per heavy atom. The molecule has 0 amide bonds. The molecule has 20 heavy (non-hydrogen) atoms. The van der Waals surface area contributed by atoms with E-state index in [0.29, 0.717) is 36.3 Å². The Labute approximate surface area is 139 Å². The zero-order valence-corrected chi connectivity index (χ0v) is 14.1. The number of carbonyl (C=O) groups is 1. The predicted molar refractivity (Wildman–Crippen MR) is 93.4 cm³/mol. The van der Waals surface area contributed by atoms with E-state index in [-0.39, 0.29) is 0 Å². The van der Waals surface area contributed by atoms with Crippen molar-refractivity contribution in [2.75, 3.05) is 0 Å². The minimum atomic E-state index is -0.485. The van der Waals surface area contributed by atoms with Gasteiger partial charge in [0.2, 0.25) is 0 Å². The van der Waals surface area contributed by atoms with Gasteiger partial charge < -0.3 is 4.74 Å². The van der Waals surface area contributed by atoms with Crippen LogP contribution in [0.4, 0.5) is 0 Å². The van der Waals surface area contributed by atoms with Crippen molar-refractivity contribution < 1.29 is 9.53 Å². The van der Waals surface area contributed by atoms with Crippen molar-refractivity contribution in [2.45, 2.75) is 26.5 Å². The van der Waals surface area contributed by atoms with Gasteiger partial charge in [-0.15, -0.1) is 50.5 Å². The zero-order valence-electron chi connectivity index (χ0n) is 10.5. The highest BCUT2D eigenvalue weighted by atomic mass is 32.1. The van der Waals surface area contributed by atoms with E-state index in [9.17, 15) is 4.79 Å². The first-order valence-electron chi connectivity index (χ1n) is 5.60. The molecule has 0 aliphatic heterocycles. The van der Waals surface area contributed by atoms with Gasteiger partial charge in [0, 0.05) is 35.9 Å². The number of esters is 1. The lowest BCUT2D eigenvalue weighted by molar-refractivity contribution is -0.129. The monoisotopic (exact) mass is 340 g/mol. The van der Waals surface area contributed by atoms with Crippen molar-refractivity contribution in [1.82, 2.24) is 0 Å². The summed E-state index contributed by atoms with van der Waals surface area (Å²) in [4.78, 5) is 14.2. The summed E-state index contributed by atoms with van der Waals surface area (Å²) in [6.07, 6.45) is 0. The van der Waals surface area contributed by atoms with Gasteiger partial charge in [0.1, 0.15) is 5.75 Å². The van der Waals surface area contributed by atoms with Crippen LogP contribution in [0.15, 0.2) is 49.9 Å². The third-order valence-electron chi connectivity index (χ3n) is 2.74. The molecule has 0 aliphatic rings. The standard InChI is InChI=1S/C14H12O2S4/c1-6(2)14(15)16-8-5-3-4-7-9(8)11(18)13(20)12(19)10(7)17/h3-5,17-20H,1H2,2H3. The van der Waals surface area contributed by atoms with Crippen LogP contribution in [-0.4, -0.2) is 5.97 Å². The Hall–Kier alpha value is -0.690. The lowest BCUT2D eigenvalue weighted by Crippen LogP contribution is -2.08. The molecule has 0 saturated heterocycles. The van der Waals surface area contributed by atoms with Gasteiger partial charge in [-0.3, -0.25) is 0 Å². The number of ether oxygens (including phenoxy) is 1. The Bertz CT molecular complexity index is 738. The lowest BCUT2D eigenvalue weighted by Gasteiger charge is -2.14. The summed E-state index contributed by atoms with van der Waals surface area (Å²) in [5.74, 6) is -0.0824. The van der Waals surface area contributed by atoms with E-state index < -0.39 is 5.97 Å². The van der Waals surface area contributed by atoms with Gasteiger partial charge in [-0.2, -0.15) is 0 Å². The summed E-state index contributed by atoms with van der Waals surface area (Å²) in [7, 11) is 0. The van der Waals surface area contributed by atoms with E-state index in [1.165, 1.54) is 0 Å². The molecule has 0 bridgehead atoms. The number of hydrogen-bond donors (Lipinski definition) is 4. The highest BCUT2D eigenvalue weighted by Crippen LogP contribution is 2.42. The minimum absolute atomic E-state index is 0.325. The average Bonchev–Trinajstić information content (AvgIpc) is 2.42. The summed E-state index contributed by atoms with van der Waals surface area (Å²) in [5.41, 5.74) is 0.325. The molecular weight excluding hydrogens is 328 g/mol. The Kier molecular flexibility index (Phi) is 4.69. The molecule has 104 valence electrons. The van der Waals surface area contributed by atoms with Crippen LogP contribution in [0.2, 0.25) is 0 Å². The van der Waals surface area contributed by atoms with Crippen molar-refractivity contribution in [3.05, 3.63) is 30.4 Å². The maximum Gasteiger partial charge on any atom is 0.338 e. The summed E-state index contributed by atoms with van der Waals surface area (Å²) in [5, 5.41) is 1.48. The fourth-order valence-electron chi connectivity index (χ4n) is 1.72. The molecule has 2 nitrogen and oxygen atoms in total. The largest absolute Gasteiger partial charge is 0.422 e. The van der Waals surface area contributed by atoms with Gasteiger partial charge in [-0.25, -0.2) is 4.79 Å². The molecule has 0 spiro atoms. The SMILES string of the molecule is C=C(C)C(=O)Oc1cccc2c(S)c(S)c(S)c(S)c12. The van der Waals surface area contributed by atoms with Crippen LogP contribution >= 0.6 is 50.5 Å². The Morgan fingerprint density at radius 2 is 1.65 bits per heavy atom. The summed E-state index contributed by atoms with van der Waals surface area (Å²) in [6.45, 7) is 5.16. The number of thiol groups is 4. The number of fused-ring (bicyclic) bond motifs is 1. The van der Waals surface area contributed by atoms with E-state index in [4.69, 9.17) is 4.74 Å². The molecular formula is C14H12O2S4. The maximum absolute atomic E-state index is 11.7. The first-order chi connectivity index (χ1) is 9.34. The molecule has 0 saturated carbocycles. The van der Waals surface area contributed by atoms with Crippen LogP contribution in [0, 0.1) is 0 Å². The zero-order chi connectivity index (χ0) is 15.0. The van der Waals surface area contributed by atoms with Crippen molar-refractivity contribution >= 4 is 67.3 Å². The quantitative estimate of drug-likeness (QED) is 0.281. The number of carbonyl (C=O) groups excluding carboxylic acids is 1. The topological polar surface area (TPSA) is 26.3 Å². The third-order valence-corrected chi connectivity index (χ3v) is 5.08. The molecule has 0 aromatic heterocycles. The van der Waals surface area contributed by atoms with E-state index >= 15 is 0 Å². The Balaban J connectivity index is 2.75. The molecule has 2 rings (SSSR count). The molecule has 2 aromatic carbocycles. The van der Waals surface area contributed by atoms with Crippen LogP contribution in [0.25, 0.3) is 10.8 Å². The van der Waals surface area contributed by atoms with Crippen molar-refractivity contribution in [3.63, 3.8) is 0 Å². The second-order valence-electron chi connectivity index (χ2n) is 4.24. The first kappa shape index (κ1) is 15.7. The summed E-state index contributed by atoms with van der Waals surface area (Å²) >= 11 is 17.6. The predicted octanol–water partition coefficient (Wildman–Crippen LogP) is 4.48. The molecule has 6 heteroatoms. The van der Waals surface area contributed by atoms with Gasteiger partial charge in [0.15, 0.2) is 0 Å². The van der Waals surface area contributed by atoms with Gasteiger partial charge in [0.25, 0.3) is 0 Å². The number of rotatable bonds is 2. The molecule has 0 atom stereocenters. The van der Waals surface area contributed by atoms with Crippen molar-refractivity contribution in [1.29, 1.82) is 0 Å². The van der Waals surface area contributed by atoms with Gasteiger partial charge in [-0.05, 0) is 13.0 Å². The fraction of sp³-hybridized carbons (Fsp3) is 0.0714. The molecule has 0 radical (unpaired) electrons. The lowest BCUT2D eigenvalue weighted by atomic mass is 10.1. The molecule has 0 fully saturated rings. The minimum Gasteiger partial charge on any atom is -0.422 e. The summed E-state index contributed by atoms with van der Waals surface area (Å²) in [6, 6.07) is 5.34. The van der Waals surface area contributed by atoms with E-state index in [1.807, 2.05) is 6.07 Å². The van der Waals surface area contributed by atoms with Crippen LogP contribution < -0.4 is 4.74 Å². The van der Waals surface area contributed by atoms with Gasteiger partial charge in [0.05, 0.1) is 0 Å². The molecule has 0 N–H and O–H groups in total. The number of hydrogen-bond acceptors (Lipinski definition) is 6.